The van der Waals surface area contributed by atoms with Crippen LogP contribution in [-0.2, 0) is 19.8 Å². The molecule has 0 aliphatic heterocycles. The summed E-state index contributed by atoms with van der Waals surface area (Å²) in [4.78, 5) is 24.5. The molecular weight excluding hydrogens is 416 g/mol. The summed E-state index contributed by atoms with van der Waals surface area (Å²) in [5.74, 6) is -2.10. The SMILES string of the molecule is COC(=O)C[C@](C)(NC(=O)OC(C)(C)C)c1cccc(-c2ccc(F)cc2F)c1Cl. The monoisotopic (exact) mass is 439 g/mol. The van der Waals surface area contributed by atoms with Gasteiger partial charge in [-0.2, -0.15) is 0 Å². The fourth-order valence-corrected chi connectivity index (χ4v) is 3.41. The molecule has 30 heavy (non-hydrogen) atoms. The molecule has 5 nitrogen and oxygen atoms in total. The number of nitrogens with one attached hydrogen (secondary N) is 1. The summed E-state index contributed by atoms with van der Waals surface area (Å²) in [7, 11) is 1.22. The molecule has 0 saturated heterocycles. The van der Waals surface area contributed by atoms with Crippen molar-refractivity contribution < 1.29 is 27.8 Å². The predicted octanol–water partition coefficient (Wildman–Crippen LogP) is 5.59. The Morgan fingerprint density at radius 1 is 1.07 bits per heavy atom. The molecule has 0 radical (unpaired) electrons. The number of halogens is 3. The lowest BCUT2D eigenvalue weighted by Gasteiger charge is -2.33. The summed E-state index contributed by atoms with van der Waals surface area (Å²) in [5, 5.41) is 2.78. The molecule has 0 unspecified atom stereocenters. The van der Waals surface area contributed by atoms with E-state index in [1.807, 2.05) is 0 Å². The number of esters is 1. The van der Waals surface area contributed by atoms with Crippen LogP contribution < -0.4 is 5.32 Å². The van der Waals surface area contributed by atoms with Gasteiger partial charge in [0, 0.05) is 17.2 Å². The van der Waals surface area contributed by atoms with Gasteiger partial charge >= 0.3 is 12.1 Å². The Bertz CT molecular complexity index is 959. The standard InChI is InChI=1S/C22H24ClF2NO4/c1-21(2,3)30-20(28)26-22(4,12-18(27)29-5)16-8-6-7-15(19(16)23)14-10-9-13(24)11-17(14)25/h6-11H,12H2,1-5H3,(H,26,28)/t22-/m0/s1. The molecule has 8 heteroatoms. The van der Waals surface area contributed by atoms with Gasteiger partial charge in [0.1, 0.15) is 17.2 Å². The van der Waals surface area contributed by atoms with Gasteiger partial charge in [-0.25, -0.2) is 13.6 Å². The van der Waals surface area contributed by atoms with E-state index >= 15 is 0 Å². The molecule has 162 valence electrons. The van der Waals surface area contributed by atoms with Crippen molar-refractivity contribution in [1.29, 1.82) is 0 Å². The van der Waals surface area contributed by atoms with Gasteiger partial charge in [0.25, 0.3) is 0 Å². The largest absolute Gasteiger partial charge is 0.469 e. The topological polar surface area (TPSA) is 64.6 Å². The van der Waals surface area contributed by atoms with Crippen LogP contribution in [0.5, 0.6) is 0 Å². The molecule has 0 spiro atoms. The van der Waals surface area contributed by atoms with Crippen LogP contribution in [0.2, 0.25) is 5.02 Å². The second kappa shape index (κ2) is 9.00. The molecule has 0 saturated carbocycles. The maximum absolute atomic E-state index is 14.3. The van der Waals surface area contributed by atoms with Crippen molar-refractivity contribution in [3.8, 4) is 11.1 Å². The van der Waals surface area contributed by atoms with Crippen LogP contribution in [0, 0.1) is 11.6 Å². The summed E-state index contributed by atoms with van der Waals surface area (Å²) >= 11 is 6.58. The molecular formula is C22H24ClF2NO4. The Balaban J connectivity index is 2.55. The summed E-state index contributed by atoms with van der Waals surface area (Å²) in [6.45, 7) is 6.69. The molecule has 0 heterocycles. The highest BCUT2D eigenvalue weighted by Gasteiger charge is 2.36. The van der Waals surface area contributed by atoms with Gasteiger partial charge in [0.15, 0.2) is 0 Å². The second-order valence-electron chi connectivity index (χ2n) is 8.00. The van der Waals surface area contributed by atoms with Gasteiger partial charge in [-0.1, -0.05) is 29.8 Å². The number of amides is 1. The fourth-order valence-electron chi connectivity index (χ4n) is 2.97. The average molecular weight is 440 g/mol. The number of hydrogen-bond donors (Lipinski definition) is 1. The van der Waals surface area contributed by atoms with E-state index in [-0.39, 0.29) is 22.6 Å². The fraction of sp³-hybridized carbons (Fsp3) is 0.364. The molecule has 2 aromatic carbocycles. The Hall–Kier alpha value is -2.67. The first kappa shape index (κ1) is 23.6. The highest BCUT2D eigenvalue weighted by molar-refractivity contribution is 6.34. The van der Waals surface area contributed by atoms with Crippen LogP contribution >= 0.6 is 11.6 Å². The Labute approximate surface area is 179 Å². The molecule has 1 amide bonds. The van der Waals surface area contributed by atoms with E-state index in [0.29, 0.717) is 5.56 Å². The lowest BCUT2D eigenvalue weighted by atomic mass is 9.86. The number of benzene rings is 2. The van der Waals surface area contributed by atoms with Crippen LogP contribution in [-0.4, -0.2) is 24.8 Å². The number of methoxy groups -OCH3 is 1. The van der Waals surface area contributed by atoms with E-state index in [2.05, 4.69) is 5.32 Å². The predicted molar refractivity (Wildman–Crippen MR) is 110 cm³/mol. The summed E-state index contributed by atoms with van der Waals surface area (Å²) in [6, 6.07) is 7.92. The zero-order chi connectivity index (χ0) is 22.7. The van der Waals surface area contributed by atoms with Crippen molar-refractivity contribution in [2.75, 3.05) is 7.11 Å². The van der Waals surface area contributed by atoms with Crippen molar-refractivity contribution in [3.63, 3.8) is 0 Å². The Kier molecular flexibility index (Phi) is 7.08. The maximum Gasteiger partial charge on any atom is 0.408 e. The minimum atomic E-state index is -1.32. The van der Waals surface area contributed by atoms with E-state index < -0.39 is 34.8 Å². The smallest absolute Gasteiger partial charge is 0.408 e. The Morgan fingerprint density at radius 2 is 1.73 bits per heavy atom. The van der Waals surface area contributed by atoms with E-state index in [4.69, 9.17) is 21.1 Å². The quantitative estimate of drug-likeness (QED) is 0.617. The maximum atomic E-state index is 14.3. The number of ether oxygens (including phenoxy) is 2. The van der Waals surface area contributed by atoms with Crippen LogP contribution in [0.25, 0.3) is 11.1 Å². The molecule has 2 aromatic rings. The van der Waals surface area contributed by atoms with Gasteiger partial charge in [-0.15, -0.1) is 0 Å². The second-order valence-corrected chi connectivity index (χ2v) is 8.38. The number of rotatable bonds is 5. The van der Waals surface area contributed by atoms with Crippen LogP contribution in [0.15, 0.2) is 36.4 Å². The molecule has 0 aromatic heterocycles. The summed E-state index contributed by atoms with van der Waals surface area (Å²) < 4.78 is 37.7. The van der Waals surface area contributed by atoms with Crippen molar-refractivity contribution in [2.24, 2.45) is 0 Å². The zero-order valence-electron chi connectivity index (χ0n) is 17.4. The van der Waals surface area contributed by atoms with E-state index in [1.165, 1.54) is 13.2 Å². The number of carbonyl (C=O) groups excluding carboxylic acids is 2. The molecule has 0 fully saturated rings. The molecule has 1 atom stereocenters. The van der Waals surface area contributed by atoms with Gasteiger partial charge in [-0.3, -0.25) is 4.79 Å². The van der Waals surface area contributed by atoms with Crippen molar-refractivity contribution in [2.45, 2.75) is 45.3 Å². The third kappa shape index (κ3) is 5.69. The van der Waals surface area contributed by atoms with Crippen LogP contribution in [0.3, 0.4) is 0 Å². The van der Waals surface area contributed by atoms with E-state index in [1.54, 1.807) is 45.9 Å². The molecule has 2 rings (SSSR count). The third-order valence-corrected chi connectivity index (χ3v) is 4.72. The van der Waals surface area contributed by atoms with Gasteiger partial charge < -0.3 is 14.8 Å². The lowest BCUT2D eigenvalue weighted by molar-refractivity contribution is -0.142. The number of alkyl carbamates (subject to hydrolysis) is 1. The van der Waals surface area contributed by atoms with E-state index in [0.717, 1.165) is 12.1 Å². The van der Waals surface area contributed by atoms with Crippen molar-refractivity contribution >= 4 is 23.7 Å². The molecule has 0 aliphatic carbocycles. The van der Waals surface area contributed by atoms with Crippen molar-refractivity contribution in [3.05, 3.63) is 58.6 Å². The molecule has 1 N–H and O–H groups in total. The van der Waals surface area contributed by atoms with Gasteiger partial charge in [-0.05, 0) is 45.4 Å². The molecule has 0 aliphatic rings. The minimum absolute atomic E-state index is 0.0842. The highest BCUT2D eigenvalue weighted by Crippen LogP contribution is 2.39. The van der Waals surface area contributed by atoms with Gasteiger partial charge in [0.05, 0.1) is 24.1 Å². The first-order chi connectivity index (χ1) is 13.9. The summed E-state index contributed by atoms with van der Waals surface area (Å²) in [5.41, 5.74) is -1.37. The van der Waals surface area contributed by atoms with Crippen molar-refractivity contribution in [1.82, 2.24) is 5.32 Å². The first-order valence-corrected chi connectivity index (χ1v) is 9.56. The van der Waals surface area contributed by atoms with Crippen LogP contribution in [0.1, 0.15) is 39.7 Å². The molecule has 0 bridgehead atoms. The summed E-state index contributed by atoms with van der Waals surface area (Å²) in [6.07, 6.45) is -1.01. The number of hydrogen-bond acceptors (Lipinski definition) is 4. The first-order valence-electron chi connectivity index (χ1n) is 9.18. The lowest BCUT2D eigenvalue weighted by Crippen LogP contribution is -2.47. The number of carbonyl (C=O) groups is 2. The third-order valence-electron chi connectivity index (χ3n) is 4.32. The van der Waals surface area contributed by atoms with Gasteiger partial charge in [0.2, 0.25) is 0 Å². The van der Waals surface area contributed by atoms with E-state index in [9.17, 15) is 18.4 Å². The minimum Gasteiger partial charge on any atom is -0.469 e. The zero-order valence-corrected chi connectivity index (χ0v) is 18.2. The Morgan fingerprint density at radius 3 is 2.30 bits per heavy atom. The normalized spacial score (nSPS) is 13.3. The van der Waals surface area contributed by atoms with Crippen LogP contribution in [0.4, 0.5) is 13.6 Å². The highest BCUT2D eigenvalue weighted by atomic mass is 35.5. The average Bonchev–Trinajstić information content (AvgIpc) is 2.60.